The van der Waals surface area contributed by atoms with Gasteiger partial charge in [0.2, 0.25) is 5.91 Å². The molecule has 4 nitrogen and oxygen atoms in total. The zero-order chi connectivity index (χ0) is 14.0. The average Bonchev–Trinajstić information content (AvgIpc) is 2.72. The quantitative estimate of drug-likeness (QED) is 0.747. The van der Waals surface area contributed by atoms with E-state index >= 15 is 0 Å². The summed E-state index contributed by atoms with van der Waals surface area (Å²) in [6.07, 6.45) is 3.85. The minimum Gasteiger partial charge on any atom is -0.392 e. The molecular formula is C14H25N3OS. The maximum Gasteiger partial charge on any atom is 0.233 e. The van der Waals surface area contributed by atoms with Gasteiger partial charge in [0.25, 0.3) is 0 Å². The van der Waals surface area contributed by atoms with Gasteiger partial charge in [0.05, 0.1) is 10.4 Å². The molecule has 1 aliphatic heterocycles. The summed E-state index contributed by atoms with van der Waals surface area (Å²) in [5.74, 6) is 0.615. The Labute approximate surface area is 121 Å². The molecule has 0 spiro atoms. The molecule has 1 heterocycles. The van der Waals surface area contributed by atoms with E-state index in [1.807, 2.05) is 0 Å². The summed E-state index contributed by atoms with van der Waals surface area (Å²) >= 11 is 5.07. The lowest BCUT2D eigenvalue weighted by molar-refractivity contribution is -0.131. The molecule has 0 aromatic carbocycles. The fourth-order valence-corrected chi connectivity index (χ4v) is 3.32. The first kappa shape index (κ1) is 14.7. The van der Waals surface area contributed by atoms with Crippen LogP contribution < -0.4 is 11.1 Å². The second kappa shape index (κ2) is 5.75. The van der Waals surface area contributed by atoms with Crippen LogP contribution in [0, 0.1) is 11.3 Å². The lowest BCUT2D eigenvalue weighted by Gasteiger charge is -2.39. The standard InChI is InChI=1S/C14H25N3OS/c1-10(2)17-7-4-11(9-17)8-16-13(18)14(12(15)19)5-3-6-14/h10-11H,3-9H2,1-2H3,(H2,15,19)(H,16,18). The van der Waals surface area contributed by atoms with Crippen LogP contribution in [0.5, 0.6) is 0 Å². The van der Waals surface area contributed by atoms with E-state index in [2.05, 4.69) is 24.1 Å². The number of carbonyl (C=O) groups excluding carboxylic acids is 1. The third kappa shape index (κ3) is 2.92. The summed E-state index contributed by atoms with van der Waals surface area (Å²) in [4.78, 5) is 15.1. The van der Waals surface area contributed by atoms with Crippen molar-refractivity contribution in [3.05, 3.63) is 0 Å². The highest BCUT2D eigenvalue weighted by molar-refractivity contribution is 7.80. The number of carbonyl (C=O) groups is 1. The van der Waals surface area contributed by atoms with E-state index < -0.39 is 5.41 Å². The van der Waals surface area contributed by atoms with Gasteiger partial charge >= 0.3 is 0 Å². The Morgan fingerprint density at radius 2 is 2.21 bits per heavy atom. The van der Waals surface area contributed by atoms with E-state index in [-0.39, 0.29) is 5.91 Å². The molecule has 2 fully saturated rings. The predicted octanol–water partition coefficient (Wildman–Crippen LogP) is 1.29. The Kier molecular flexibility index (Phi) is 4.46. The van der Waals surface area contributed by atoms with Crippen molar-refractivity contribution in [3.8, 4) is 0 Å². The Hall–Kier alpha value is -0.680. The van der Waals surface area contributed by atoms with Crippen LogP contribution in [0.3, 0.4) is 0 Å². The fraction of sp³-hybridized carbons (Fsp3) is 0.857. The van der Waals surface area contributed by atoms with Crippen molar-refractivity contribution < 1.29 is 4.79 Å². The third-order valence-electron chi connectivity index (χ3n) is 4.71. The molecule has 0 aromatic rings. The van der Waals surface area contributed by atoms with Gasteiger partial charge in [-0.15, -0.1) is 0 Å². The molecule has 3 N–H and O–H groups in total. The van der Waals surface area contributed by atoms with Crippen molar-refractivity contribution in [2.75, 3.05) is 19.6 Å². The summed E-state index contributed by atoms with van der Waals surface area (Å²) in [7, 11) is 0. The monoisotopic (exact) mass is 283 g/mol. The van der Waals surface area contributed by atoms with Gasteiger partial charge in [-0.25, -0.2) is 0 Å². The van der Waals surface area contributed by atoms with Gasteiger partial charge in [-0.05, 0) is 45.6 Å². The number of rotatable bonds is 5. The van der Waals surface area contributed by atoms with Crippen molar-refractivity contribution in [3.63, 3.8) is 0 Å². The van der Waals surface area contributed by atoms with Crippen LogP contribution in [-0.4, -0.2) is 41.5 Å². The molecule has 2 rings (SSSR count). The molecule has 1 unspecified atom stereocenters. The van der Waals surface area contributed by atoms with Crippen molar-refractivity contribution in [2.45, 2.75) is 45.6 Å². The maximum atomic E-state index is 12.3. The lowest BCUT2D eigenvalue weighted by atomic mass is 9.68. The van der Waals surface area contributed by atoms with Gasteiger partial charge in [0, 0.05) is 19.1 Å². The molecule has 19 heavy (non-hydrogen) atoms. The Balaban J connectivity index is 1.80. The first-order chi connectivity index (χ1) is 8.95. The largest absolute Gasteiger partial charge is 0.392 e. The molecule has 0 bridgehead atoms. The highest BCUT2D eigenvalue weighted by Gasteiger charge is 2.46. The molecular weight excluding hydrogens is 258 g/mol. The van der Waals surface area contributed by atoms with Gasteiger partial charge in [-0.3, -0.25) is 4.79 Å². The van der Waals surface area contributed by atoms with Crippen LogP contribution in [-0.2, 0) is 4.79 Å². The first-order valence-electron chi connectivity index (χ1n) is 7.28. The van der Waals surface area contributed by atoms with E-state index in [4.69, 9.17) is 18.0 Å². The van der Waals surface area contributed by atoms with Gasteiger partial charge in [-0.1, -0.05) is 18.6 Å². The van der Waals surface area contributed by atoms with E-state index in [1.165, 1.54) is 6.42 Å². The Bertz CT molecular complexity index is 366. The molecule has 1 saturated heterocycles. The van der Waals surface area contributed by atoms with E-state index in [9.17, 15) is 4.79 Å². The molecule has 1 atom stereocenters. The van der Waals surface area contributed by atoms with Crippen molar-refractivity contribution in [1.29, 1.82) is 0 Å². The zero-order valence-corrected chi connectivity index (χ0v) is 12.8. The molecule has 0 radical (unpaired) electrons. The molecule has 1 aliphatic carbocycles. The fourth-order valence-electron chi connectivity index (χ4n) is 3.02. The zero-order valence-electron chi connectivity index (χ0n) is 11.9. The number of nitrogens with one attached hydrogen (secondary N) is 1. The number of hydrogen-bond acceptors (Lipinski definition) is 3. The summed E-state index contributed by atoms with van der Waals surface area (Å²) in [6, 6.07) is 0.593. The van der Waals surface area contributed by atoms with Crippen molar-refractivity contribution >= 4 is 23.1 Å². The minimum atomic E-state index is -0.536. The molecule has 1 saturated carbocycles. The Morgan fingerprint density at radius 3 is 2.63 bits per heavy atom. The third-order valence-corrected chi connectivity index (χ3v) is 5.10. The van der Waals surface area contributed by atoms with Gasteiger partial charge in [0.15, 0.2) is 0 Å². The summed E-state index contributed by atoms with van der Waals surface area (Å²) in [5.41, 5.74) is 5.21. The smallest absolute Gasteiger partial charge is 0.233 e. The summed E-state index contributed by atoms with van der Waals surface area (Å²) in [5, 5.41) is 3.08. The number of thiocarbonyl (C=S) groups is 1. The van der Waals surface area contributed by atoms with Crippen molar-refractivity contribution in [2.24, 2.45) is 17.1 Å². The van der Waals surface area contributed by atoms with E-state index in [1.54, 1.807) is 0 Å². The van der Waals surface area contributed by atoms with E-state index in [0.29, 0.717) is 16.9 Å². The number of amides is 1. The second-order valence-electron chi connectivity index (χ2n) is 6.25. The molecule has 1 amide bonds. The van der Waals surface area contributed by atoms with Crippen LogP contribution in [0.15, 0.2) is 0 Å². The van der Waals surface area contributed by atoms with Crippen LogP contribution >= 0.6 is 12.2 Å². The summed E-state index contributed by atoms with van der Waals surface area (Å²) in [6.45, 7) is 7.41. The maximum absolute atomic E-state index is 12.3. The molecule has 5 heteroatoms. The number of nitrogens with zero attached hydrogens (tertiary/aromatic N) is 1. The normalized spacial score (nSPS) is 26.2. The number of nitrogens with two attached hydrogens (primary N) is 1. The second-order valence-corrected chi connectivity index (χ2v) is 6.69. The van der Waals surface area contributed by atoms with Gasteiger partial charge < -0.3 is 16.0 Å². The van der Waals surface area contributed by atoms with Crippen molar-refractivity contribution in [1.82, 2.24) is 10.2 Å². The van der Waals surface area contributed by atoms with Crippen LogP contribution in [0.4, 0.5) is 0 Å². The highest BCUT2D eigenvalue weighted by Crippen LogP contribution is 2.41. The lowest BCUT2D eigenvalue weighted by Crippen LogP contribution is -2.53. The van der Waals surface area contributed by atoms with Gasteiger partial charge in [0.1, 0.15) is 0 Å². The summed E-state index contributed by atoms with van der Waals surface area (Å²) < 4.78 is 0. The van der Waals surface area contributed by atoms with Crippen LogP contribution in [0.25, 0.3) is 0 Å². The Morgan fingerprint density at radius 1 is 1.53 bits per heavy atom. The minimum absolute atomic E-state index is 0.0502. The first-order valence-corrected chi connectivity index (χ1v) is 7.69. The number of hydrogen-bond donors (Lipinski definition) is 2. The van der Waals surface area contributed by atoms with Crippen LogP contribution in [0.2, 0.25) is 0 Å². The molecule has 108 valence electrons. The average molecular weight is 283 g/mol. The predicted molar refractivity (Wildman–Crippen MR) is 80.9 cm³/mol. The highest BCUT2D eigenvalue weighted by atomic mass is 32.1. The molecule has 0 aromatic heterocycles. The van der Waals surface area contributed by atoms with Gasteiger partial charge in [-0.2, -0.15) is 0 Å². The van der Waals surface area contributed by atoms with Crippen LogP contribution in [0.1, 0.15) is 39.5 Å². The number of likely N-dealkylation sites (tertiary alicyclic amines) is 1. The topological polar surface area (TPSA) is 58.4 Å². The van der Waals surface area contributed by atoms with E-state index in [0.717, 1.165) is 38.9 Å². The SMILES string of the molecule is CC(C)N1CCC(CNC(=O)C2(C(N)=S)CCC2)C1. The molecule has 2 aliphatic rings.